The van der Waals surface area contributed by atoms with E-state index in [0.29, 0.717) is 39.1 Å². The smallest absolute Gasteiger partial charge is 0.251 e. The van der Waals surface area contributed by atoms with Gasteiger partial charge in [0.25, 0.3) is 5.56 Å². The second-order valence-corrected chi connectivity index (χ2v) is 6.28. The van der Waals surface area contributed by atoms with Gasteiger partial charge >= 0.3 is 0 Å². The number of rotatable bonds is 5. The standard InChI is InChI=1S/C20H18ClNO4/c1-12-13(2)20(24)22-18(19(12)23)11-25-15-7-9-17(10-8-15)26-16-5-3-14(21)4-6-16/h3-10,23H,11H2,1-2H3,(H,22,24). The van der Waals surface area contributed by atoms with Crippen LogP contribution in [0.1, 0.15) is 16.8 Å². The molecule has 6 heteroatoms. The van der Waals surface area contributed by atoms with Gasteiger partial charge < -0.3 is 19.6 Å². The summed E-state index contributed by atoms with van der Waals surface area (Å²) < 4.78 is 11.4. The molecule has 0 unspecified atom stereocenters. The van der Waals surface area contributed by atoms with E-state index in [1.165, 1.54) is 0 Å². The van der Waals surface area contributed by atoms with Gasteiger partial charge in [-0.15, -0.1) is 0 Å². The summed E-state index contributed by atoms with van der Waals surface area (Å²) in [7, 11) is 0. The lowest BCUT2D eigenvalue weighted by molar-refractivity contribution is 0.292. The van der Waals surface area contributed by atoms with Gasteiger partial charge in [-0.3, -0.25) is 4.79 Å². The predicted molar refractivity (Wildman–Crippen MR) is 101 cm³/mol. The zero-order valence-electron chi connectivity index (χ0n) is 14.4. The number of ether oxygens (including phenoxy) is 2. The number of H-pyrrole nitrogens is 1. The molecule has 2 aromatic carbocycles. The average Bonchev–Trinajstić information content (AvgIpc) is 2.65. The van der Waals surface area contributed by atoms with Crippen molar-refractivity contribution in [2.24, 2.45) is 0 Å². The van der Waals surface area contributed by atoms with Crippen LogP contribution in [-0.2, 0) is 6.61 Å². The summed E-state index contributed by atoms with van der Waals surface area (Å²) in [5.41, 5.74) is 1.17. The van der Waals surface area contributed by atoms with Crippen LogP contribution in [0, 0.1) is 13.8 Å². The Morgan fingerprint density at radius 3 is 2.08 bits per heavy atom. The molecule has 1 aromatic heterocycles. The molecule has 0 spiro atoms. The lowest BCUT2D eigenvalue weighted by Crippen LogP contribution is -2.15. The SMILES string of the molecule is Cc1c(O)c(COc2ccc(Oc3ccc(Cl)cc3)cc2)[nH]c(=O)c1C. The van der Waals surface area contributed by atoms with Crippen LogP contribution >= 0.6 is 11.6 Å². The molecule has 26 heavy (non-hydrogen) atoms. The Morgan fingerprint density at radius 1 is 0.923 bits per heavy atom. The van der Waals surface area contributed by atoms with E-state index < -0.39 is 0 Å². The monoisotopic (exact) mass is 371 g/mol. The Morgan fingerprint density at radius 2 is 1.46 bits per heavy atom. The van der Waals surface area contributed by atoms with Crippen LogP contribution in [0.5, 0.6) is 23.0 Å². The Bertz CT molecular complexity index is 963. The van der Waals surface area contributed by atoms with E-state index in [4.69, 9.17) is 21.1 Å². The van der Waals surface area contributed by atoms with Gasteiger partial charge in [-0.05, 0) is 62.4 Å². The fourth-order valence-electron chi connectivity index (χ4n) is 2.37. The molecular weight excluding hydrogens is 354 g/mol. The van der Waals surface area contributed by atoms with E-state index in [1.54, 1.807) is 62.4 Å². The quantitative estimate of drug-likeness (QED) is 0.680. The van der Waals surface area contributed by atoms with Gasteiger partial charge in [0.15, 0.2) is 0 Å². The number of nitrogens with one attached hydrogen (secondary N) is 1. The van der Waals surface area contributed by atoms with Crippen LogP contribution in [0.4, 0.5) is 0 Å². The number of pyridine rings is 1. The van der Waals surface area contributed by atoms with Crippen molar-refractivity contribution in [1.82, 2.24) is 4.98 Å². The number of aromatic nitrogens is 1. The molecule has 0 bridgehead atoms. The molecule has 0 saturated heterocycles. The van der Waals surface area contributed by atoms with Crippen molar-refractivity contribution in [2.75, 3.05) is 0 Å². The molecule has 0 atom stereocenters. The molecule has 3 aromatic rings. The van der Waals surface area contributed by atoms with Gasteiger partial charge in [-0.25, -0.2) is 0 Å². The molecule has 0 amide bonds. The van der Waals surface area contributed by atoms with Crippen molar-refractivity contribution in [3.63, 3.8) is 0 Å². The fourth-order valence-corrected chi connectivity index (χ4v) is 2.49. The first-order valence-electron chi connectivity index (χ1n) is 8.01. The van der Waals surface area contributed by atoms with Crippen molar-refractivity contribution in [3.8, 4) is 23.0 Å². The van der Waals surface area contributed by atoms with Crippen molar-refractivity contribution in [3.05, 3.63) is 80.7 Å². The molecule has 0 aliphatic carbocycles. The number of hydrogen-bond acceptors (Lipinski definition) is 4. The van der Waals surface area contributed by atoms with Crippen molar-refractivity contribution in [2.45, 2.75) is 20.5 Å². The van der Waals surface area contributed by atoms with E-state index in [-0.39, 0.29) is 17.9 Å². The van der Waals surface area contributed by atoms with Crippen molar-refractivity contribution < 1.29 is 14.6 Å². The van der Waals surface area contributed by atoms with Gasteiger partial charge in [0.1, 0.15) is 29.6 Å². The van der Waals surface area contributed by atoms with Gasteiger partial charge in [-0.2, -0.15) is 0 Å². The highest BCUT2D eigenvalue weighted by Crippen LogP contribution is 2.26. The zero-order valence-corrected chi connectivity index (χ0v) is 15.1. The number of benzene rings is 2. The summed E-state index contributed by atoms with van der Waals surface area (Å²) in [6.45, 7) is 3.42. The maximum Gasteiger partial charge on any atom is 0.251 e. The third kappa shape index (κ3) is 4.00. The number of halogens is 1. The molecule has 0 aliphatic rings. The second-order valence-electron chi connectivity index (χ2n) is 5.85. The van der Waals surface area contributed by atoms with Gasteiger partial charge in [0, 0.05) is 16.1 Å². The van der Waals surface area contributed by atoms with Crippen LogP contribution in [0.2, 0.25) is 5.02 Å². The molecule has 0 aliphatic heterocycles. The third-order valence-corrected chi connectivity index (χ3v) is 4.32. The minimum absolute atomic E-state index is 0.0461. The summed E-state index contributed by atoms with van der Waals surface area (Å²) in [4.78, 5) is 14.5. The summed E-state index contributed by atoms with van der Waals surface area (Å²) in [5.74, 6) is 1.97. The third-order valence-electron chi connectivity index (χ3n) is 4.06. The molecule has 0 radical (unpaired) electrons. The zero-order chi connectivity index (χ0) is 18.7. The second kappa shape index (κ2) is 7.54. The van der Waals surface area contributed by atoms with E-state index in [1.807, 2.05) is 0 Å². The Kier molecular flexibility index (Phi) is 5.19. The van der Waals surface area contributed by atoms with Crippen LogP contribution in [0.15, 0.2) is 53.3 Å². The van der Waals surface area contributed by atoms with Gasteiger partial charge in [-0.1, -0.05) is 11.6 Å². The van der Waals surface area contributed by atoms with Crippen molar-refractivity contribution in [1.29, 1.82) is 0 Å². The first-order valence-corrected chi connectivity index (χ1v) is 8.39. The first-order chi connectivity index (χ1) is 12.4. The van der Waals surface area contributed by atoms with E-state index in [0.717, 1.165) is 0 Å². The van der Waals surface area contributed by atoms with Crippen LogP contribution < -0.4 is 15.0 Å². The van der Waals surface area contributed by atoms with E-state index in [9.17, 15) is 9.90 Å². The van der Waals surface area contributed by atoms with Gasteiger partial charge in [0.05, 0.1) is 5.69 Å². The Balaban J connectivity index is 1.66. The number of aromatic hydroxyl groups is 1. The summed E-state index contributed by atoms with van der Waals surface area (Å²) in [5, 5.41) is 10.8. The Hall–Kier alpha value is -2.92. The highest BCUT2D eigenvalue weighted by molar-refractivity contribution is 6.30. The molecule has 5 nitrogen and oxygen atoms in total. The minimum Gasteiger partial charge on any atom is -0.506 e. The highest BCUT2D eigenvalue weighted by Gasteiger charge is 2.11. The average molecular weight is 372 g/mol. The van der Waals surface area contributed by atoms with Gasteiger partial charge in [0.2, 0.25) is 0 Å². The largest absolute Gasteiger partial charge is 0.506 e. The predicted octanol–water partition coefficient (Wildman–Crippen LogP) is 4.72. The number of aromatic amines is 1. The molecule has 1 heterocycles. The molecule has 0 fully saturated rings. The van der Waals surface area contributed by atoms with E-state index in [2.05, 4.69) is 4.98 Å². The molecule has 2 N–H and O–H groups in total. The fraction of sp³-hybridized carbons (Fsp3) is 0.150. The highest BCUT2D eigenvalue weighted by atomic mass is 35.5. The van der Waals surface area contributed by atoms with E-state index >= 15 is 0 Å². The van der Waals surface area contributed by atoms with Crippen molar-refractivity contribution >= 4 is 11.6 Å². The number of hydrogen-bond donors (Lipinski definition) is 2. The molecular formula is C20H18ClNO4. The maximum absolute atomic E-state index is 11.8. The van der Waals surface area contributed by atoms with Crippen LogP contribution in [0.3, 0.4) is 0 Å². The minimum atomic E-state index is -0.231. The molecule has 134 valence electrons. The normalized spacial score (nSPS) is 10.6. The summed E-state index contributed by atoms with van der Waals surface area (Å²) >= 11 is 5.85. The topological polar surface area (TPSA) is 71.5 Å². The Labute approximate surface area is 155 Å². The summed E-state index contributed by atoms with van der Waals surface area (Å²) in [6, 6.07) is 14.1. The van der Waals surface area contributed by atoms with Crippen LogP contribution in [0.25, 0.3) is 0 Å². The lowest BCUT2D eigenvalue weighted by atomic mass is 10.1. The van der Waals surface area contributed by atoms with Crippen LogP contribution in [-0.4, -0.2) is 10.1 Å². The molecule has 3 rings (SSSR count). The first kappa shape index (κ1) is 17.9. The maximum atomic E-state index is 11.8. The lowest BCUT2D eigenvalue weighted by Gasteiger charge is -2.11. The molecule has 0 saturated carbocycles. The summed E-state index contributed by atoms with van der Waals surface area (Å²) in [6.07, 6.45) is 0.